The van der Waals surface area contributed by atoms with Crippen molar-refractivity contribution in [2.24, 2.45) is 11.5 Å². The van der Waals surface area contributed by atoms with Crippen LogP contribution in [0.25, 0.3) is 0 Å². The van der Waals surface area contributed by atoms with Gasteiger partial charge in [-0.1, -0.05) is 136 Å². The van der Waals surface area contributed by atoms with Crippen LogP contribution < -0.4 is 27.4 Å². The van der Waals surface area contributed by atoms with Crippen LogP contribution in [-0.4, -0.2) is 45.4 Å². The van der Waals surface area contributed by atoms with Crippen molar-refractivity contribution in [1.82, 2.24) is 16.0 Å². The highest BCUT2D eigenvalue weighted by atomic mass is 16.5. The predicted molar refractivity (Wildman–Crippen MR) is 214 cm³/mol. The highest BCUT2D eigenvalue weighted by Crippen LogP contribution is 2.14. The normalized spacial score (nSPS) is 11.9. The van der Waals surface area contributed by atoms with E-state index in [4.69, 9.17) is 16.2 Å². The monoisotopic (exact) mass is 676 g/mol. The van der Waals surface area contributed by atoms with Gasteiger partial charge in [-0.3, -0.25) is 0 Å². The number of nitrogens with one attached hydrogen (secondary N) is 3. The third-order valence-corrected chi connectivity index (χ3v) is 9.44. The van der Waals surface area contributed by atoms with Gasteiger partial charge in [-0.15, -0.1) is 0 Å². The van der Waals surface area contributed by atoms with Gasteiger partial charge in [0.25, 0.3) is 0 Å². The standard InChI is InChI=1S/C42H85N5O/c1-5-6-7-8-9-10-11-12-13-14-15-18-22-30-39(2)46-35-25-20-17-16-19-23-31-40(3)47-36-26-21-28-37-48-38-29-34-45-33-27-24-32-42(44)41(4)43/h42,45-47H,2-38,43-44H2,1H3. The van der Waals surface area contributed by atoms with Gasteiger partial charge in [0.05, 0.1) is 0 Å². The van der Waals surface area contributed by atoms with E-state index in [9.17, 15) is 0 Å². The Morgan fingerprint density at radius 3 is 1.40 bits per heavy atom. The van der Waals surface area contributed by atoms with E-state index in [1.54, 1.807) is 0 Å². The minimum Gasteiger partial charge on any atom is -0.401 e. The molecular formula is C42H85N5O. The second kappa shape index (κ2) is 38.3. The Bertz CT molecular complexity index is 712. The van der Waals surface area contributed by atoms with Gasteiger partial charge >= 0.3 is 0 Å². The molecule has 0 saturated heterocycles. The average molecular weight is 676 g/mol. The molecule has 0 spiro atoms. The Balaban J connectivity index is 3.26. The van der Waals surface area contributed by atoms with Crippen LogP contribution in [0, 0.1) is 0 Å². The van der Waals surface area contributed by atoms with E-state index in [0.29, 0.717) is 5.70 Å². The number of hydrogen-bond donors (Lipinski definition) is 5. The lowest BCUT2D eigenvalue weighted by molar-refractivity contribution is 0.127. The van der Waals surface area contributed by atoms with Gasteiger partial charge in [-0.2, -0.15) is 0 Å². The number of ether oxygens (including phenoxy) is 1. The molecule has 0 saturated carbocycles. The van der Waals surface area contributed by atoms with E-state index < -0.39 is 0 Å². The van der Waals surface area contributed by atoms with Gasteiger partial charge in [-0.05, 0) is 83.7 Å². The van der Waals surface area contributed by atoms with Crippen molar-refractivity contribution in [1.29, 1.82) is 0 Å². The molecule has 0 rings (SSSR count). The molecule has 0 aromatic carbocycles. The summed E-state index contributed by atoms with van der Waals surface area (Å²) in [7, 11) is 0. The number of nitrogens with two attached hydrogens (primary N) is 2. The third kappa shape index (κ3) is 37.3. The quantitative estimate of drug-likeness (QED) is 0.0414. The van der Waals surface area contributed by atoms with Gasteiger partial charge < -0.3 is 32.2 Å². The van der Waals surface area contributed by atoms with Crippen molar-refractivity contribution in [2.75, 3.05) is 39.4 Å². The maximum Gasteiger partial charge on any atom is 0.0478 e. The molecule has 0 radical (unpaired) electrons. The highest BCUT2D eigenvalue weighted by molar-refractivity contribution is 4.97. The Hall–Kier alpha value is -1.50. The van der Waals surface area contributed by atoms with Crippen LogP contribution in [0.1, 0.15) is 187 Å². The van der Waals surface area contributed by atoms with E-state index in [1.807, 2.05) is 0 Å². The van der Waals surface area contributed by atoms with Crippen molar-refractivity contribution in [2.45, 2.75) is 193 Å². The molecule has 0 amide bonds. The molecule has 6 nitrogen and oxygen atoms in total. The minimum absolute atomic E-state index is 0.0632. The molecule has 0 aromatic heterocycles. The van der Waals surface area contributed by atoms with Gasteiger partial charge in [0.2, 0.25) is 0 Å². The summed E-state index contributed by atoms with van der Waals surface area (Å²) in [5.74, 6) is 0. The summed E-state index contributed by atoms with van der Waals surface area (Å²) in [5.41, 5.74) is 14.5. The lowest BCUT2D eigenvalue weighted by atomic mass is 10.0. The Labute approximate surface area is 300 Å². The fourth-order valence-electron chi connectivity index (χ4n) is 6.07. The summed E-state index contributed by atoms with van der Waals surface area (Å²) in [6, 6.07) is -0.0632. The smallest absolute Gasteiger partial charge is 0.0478 e. The van der Waals surface area contributed by atoms with Gasteiger partial charge in [0.15, 0.2) is 0 Å². The van der Waals surface area contributed by atoms with Crippen molar-refractivity contribution in [3.05, 3.63) is 36.8 Å². The molecule has 0 aliphatic carbocycles. The third-order valence-electron chi connectivity index (χ3n) is 9.44. The van der Waals surface area contributed by atoms with Crippen LogP contribution in [0.4, 0.5) is 0 Å². The summed E-state index contributed by atoms with van der Waals surface area (Å²) in [5, 5.41) is 10.6. The molecule has 0 aliphatic rings. The van der Waals surface area contributed by atoms with Gasteiger partial charge in [0.1, 0.15) is 0 Å². The van der Waals surface area contributed by atoms with Crippen LogP contribution >= 0.6 is 0 Å². The largest absolute Gasteiger partial charge is 0.401 e. The summed E-state index contributed by atoms with van der Waals surface area (Å²) >= 11 is 0. The molecular weight excluding hydrogens is 590 g/mol. The molecule has 7 N–H and O–H groups in total. The Kier molecular flexibility index (Phi) is 37.1. The Morgan fingerprint density at radius 1 is 0.500 bits per heavy atom. The lowest BCUT2D eigenvalue weighted by Gasteiger charge is -2.11. The number of rotatable bonds is 41. The molecule has 0 heterocycles. The van der Waals surface area contributed by atoms with E-state index in [2.05, 4.69) is 42.6 Å². The second-order valence-corrected chi connectivity index (χ2v) is 14.4. The van der Waals surface area contributed by atoms with Crippen molar-refractivity contribution < 1.29 is 4.74 Å². The van der Waals surface area contributed by atoms with Crippen molar-refractivity contribution in [3.63, 3.8) is 0 Å². The lowest BCUT2D eigenvalue weighted by Crippen LogP contribution is -2.27. The number of hydrogen-bond acceptors (Lipinski definition) is 6. The molecule has 0 aromatic rings. The predicted octanol–water partition coefficient (Wildman–Crippen LogP) is 10.5. The van der Waals surface area contributed by atoms with Crippen molar-refractivity contribution >= 4 is 0 Å². The highest BCUT2D eigenvalue weighted by Gasteiger charge is 2.03. The van der Waals surface area contributed by atoms with Crippen LogP contribution in [0.2, 0.25) is 0 Å². The fourth-order valence-corrected chi connectivity index (χ4v) is 6.07. The SMILES string of the molecule is C=C(CCCCCCCCCCCCCCC)NCCCCCCCCC(=C)NCCCCCOCCCNCCCCC(N)C(=C)N. The van der Waals surface area contributed by atoms with E-state index >= 15 is 0 Å². The first kappa shape index (κ1) is 46.5. The number of allylic oxidation sites excluding steroid dienone is 2. The summed E-state index contributed by atoms with van der Waals surface area (Å²) < 4.78 is 5.78. The van der Waals surface area contributed by atoms with E-state index in [0.717, 1.165) is 84.3 Å². The first-order valence-electron chi connectivity index (χ1n) is 20.8. The maximum absolute atomic E-state index is 5.88. The zero-order valence-electron chi connectivity index (χ0n) is 32.3. The summed E-state index contributed by atoms with van der Waals surface area (Å²) in [4.78, 5) is 0. The molecule has 48 heavy (non-hydrogen) atoms. The molecule has 0 aliphatic heterocycles. The molecule has 6 heteroatoms. The molecule has 284 valence electrons. The minimum atomic E-state index is -0.0632. The first-order chi connectivity index (χ1) is 23.5. The molecule has 1 atom stereocenters. The average Bonchev–Trinajstić information content (AvgIpc) is 3.07. The molecule has 1 unspecified atom stereocenters. The van der Waals surface area contributed by atoms with Crippen LogP contribution in [-0.2, 0) is 4.74 Å². The fraction of sp³-hybridized carbons (Fsp3) is 0.857. The van der Waals surface area contributed by atoms with Crippen LogP contribution in [0.5, 0.6) is 0 Å². The van der Waals surface area contributed by atoms with Gasteiger partial charge in [-0.25, -0.2) is 0 Å². The van der Waals surface area contributed by atoms with E-state index in [1.165, 1.54) is 146 Å². The van der Waals surface area contributed by atoms with Gasteiger partial charge in [0, 0.05) is 49.4 Å². The first-order valence-corrected chi connectivity index (χ1v) is 20.8. The second-order valence-electron chi connectivity index (χ2n) is 14.4. The number of unbranched alkanes of at least 4 members (excludes halogenated alkanes) is 20. The molecule has 0 bridgehead atoms. The van der Waals surface area contributed by atoms with Crippen molar-refractivity contribution in [3.8, 4) is 0 Å². The maximum atomic E-state index is 5.88. The summed E-state index contributed by atoms with van der Waals surface area (Å²) in [6.07, 6.45) is 36.2. The van der Waals surface area contributed by atoms with Crippen LogP contribution in [0.3, 0.4) is 0 Å². The topological polar surface area (TPSA) is 97.4 Å². The molecule has 0 fully saturated rings. The zero-order valence-corrected chi connectivity index (χ0v) is 32.3. The zero-order chi connectivity index (χ0) is 35.2. The van der Waals surface area contributed by atoms with Crippen LogP contribution in [0.15, 0.2) is 36.8 Å². The Morgan fingerprint density at radius 2 is 0.896 bits per heavy atom. The summed E-state index contributed by atoms with van der Waals surface area (Å²) in [6.45, 7) is 20.3. The van der Waals surface area contributed by atoms with E-state index in [-0.39, 0.29) is 6.04 Å².